The van der Waals surface area contributed by atoms with Crippen molar-refractivity contribution in [1.82, 2.24) is 24.5 Å². The van der Waals surface area contributed by atoms with Crippen LogP contribution in [0.1, 0.15) is 36.7 Å². The van der Waals surface area contributed by atoms with Crippen molar-refractivity contribution in [3.63, 3.8) is 0 Å². The Morgan fingerprint density at radius 1 is 0.971 bits per heavy atom. The molecule has 0 fully saturated rings. The lowest BCUT2D eigenvalue weighted by Crippen LogP contribution is -2.11. The highest BCUT2D eigenvalue weighted by atomic mass is 35.5. The van der Waals surface area contributed by atoms with E-state index in [1.807, 2.05) is 66.3 Å². The highest BCUT2D eigenvalue weighted by molar-refractivity contribution is 7.90. The Kier molecular flexibility index (Phi) is 6.40. The van der Waals surface area contributed by atoms with Crippen molar-refractivity contribution in [2.75, 3.05) is 0 Å². The Hall–Kier alpha value is -3.13. The van der Waals surface area contributed by atoms with E-state index in [1.54, 1.807) is 10.7 Å². The lowest BCUT2D eigenvalue weighted by Gasteiger charge is -2.10. The molecule has 0 N–H and O–H groups in total. The molecular formula is C27H26ClN5OS. The minimum Gasteiger partial charge on any atom is -0.610 e. The molecule has 6 nitrogen and oxygen atoms in total. The lowest BCUT2D eigenvalue weighted by molar-refractivity contribution is 0.575. The van der Waals surface area contributed by atoms with E-state index in [0.29, 0.717) is 5.15 Å². The smallest absolute Gasteiger partial charge is 0.202 e. The number of halogens is 1. The van der Waals surface area contributed by atoms with Crippen LogP contribution in [0.3, 0.4) is 0 Å². The second kappa shape index (κ2) is 9.49. The third kappa shape index (κ3) is 4.47. The van der Waals surface area contributed by atoms with Gasteiger partial charge in [0.15, 0.2) is 4.90 Å². The first-order valence-electron chi connectivity index (χ1n) is 11.5. The highest BCUT2D eigenvalue weighted by Crippen LogP contribution is 2.36. The van der Waals surface area contributed by atoms with Crippen LogP contribution in [0.5, 0.6) is 0 Å². The molecule has 0 aliphatic rings. The van der Waals surface area contributed by atoms with Crippen molar-refractivity contribution in [3.8, 4) is 16.9 Å². The summed E-state index contributed by atoms with van der Waals surface area (Å²) >= 11 is 4.91. The van der Waals surface area contributed by atoms with Gasteiger partial charge in [-0.15, -0.1) is 0 Å². The van der Waals surface area contributed by atoms with Crippen LogP contribution in [0.4, 0.5) is 0 Å². The van der Waals surface area contributed by atoms with Gasteiger partial charge in [0.25, 0.3) is 0 Å². The van der Waals surface area contributed by atoms with Crippen LogP contribution >= 0.6 is 11.6 Å². The Morgan fingerprint density at radius 3 is 2.46 bits per heavy atom. The molecule has 8 heteroatoms. The molecule has 1 atom stereocenters. The summed E-state index contributed by atoms with van der Waals surface area (Å²) in [7, 11) is 0. The van der Waals surface area contributed by atoms with Crippen molar-refractivity contribution in [3.05, 3.63) is 89.0 Å². The zero-order valence-corrected chi connectivity index (χ0v) is 21.6. The van der Waals surface area contributed by atoms with Gasteiger partial charge >= 0.3 is 0 Å². The zero-order chi connectivity index (χ0) is 24.7. The molecular weight excluding hydrogens is 478 g/mol. The quantitative estimate of drug-likeness (QED) is 0.197. The predicted molar refractivity (Wildman–Crippen MR) is 142 cm³/mol. The molecule has 2 aromatic carbocycles. The summed E-state index contributed by atoms with van der Waals surface area (Å²) in [6.07, 6.45) is 1.97. The molecule has 35 heavy (non-hydrogen) atoms. The maximum absolute atomic E-state index is 12.9. The average molecular weight is 504 g/mol. The molecule has 5 aromatic rings. The number of fused-ring (bicyclic) bond motifs is 1. The monoisotopic (exact) mass is 503 g/mol. The molecule has 0 aliphatic heterocycles. The van der Waals surface area contributed by atoms with Crippen molar-refractivity contribution < 1.29 is 4.55 Å². The Bertz CT molecular complexity index is 1510. The average Bonchev–Trinajstić information content (AvgIpc) is 3.40. The van der Waals surface area contributed by atoms with E-state index in [0.717, 1.165) is 44.1 Å². The standard InChI is InChI=1S/C27H26ClN5OS/c1-17(2)26-19(4)33(24-13-14-25(28)29-18(24)3)31-27(26)21-11-8-12-23-22(21)15-32(30-23)16-35(34)20-9-6-5-7-10-20/h5-15,17H,16H2,1-4H3. The van der Waals surface area contributed by atoms with Gasteiger partial charge in [-0.1, -0.05) is 55.8 Å². The molecule has 0 amide bonds. The van der Waals surface area contributed by atoms with Crippen LogP contribution in [-0.4, -0.2) is 29.1 Å². The van der Waals surface area contributed by atoms with E-state index in [-0.39, 0.29) is 11.8 Å². The lowest BCUT2D eigenvalue weighted by atomic mass is 9.95. The maximum atomic E-state index is 12.9. The third-order valence-electron chi connectivity index (χ3n) is 6.10. The maximum Gasteiger partial charge on any atom is 0.202 e. The van der Waals surface area contributed by atoms with E-state index in [1.165, 1.54) is 5.56 Å². The summed E-state index contributed by atoms with van der Waals surface area (Å²) < 4.78 is 16.6. The number of aryl methyl sites for hydroxylation is 1. The molecule has 1 unspecified atom stereocenters. The van der Waals surface area contributed by atoms with E-state index in [4.69, 9.17) is 21.8 Å². The number of nitrogens with zero attached hydrogens (tertiary/aromatic N) is 5. The number of hydrogen-bond acceptors (Lipinski definition) is 4. The van der Waals surface area contributed by atoms with E-state index < -0.39 is 11.2 Å². The summed E-state index contributed by atoms with van der Waals surface area (Å²) in [6, 6.07) is 19.3. The molecule has 3 aromatic heterocycles. The van der Waals surface area contributed by atoms with Gasteiger partial charge < -0.3 is 4.55 Å². The number of pyridine rings is 1. The molecule has 0 radical (unpaired) electrons. The van der Waals surface area contributed by atoms with Crippen LogP contribution in [0.15, 0.2) is 71.8 Å². The summed E-state index contributed by atoms with van der Waals surface area (Å²) in [5, 5.41) is 11.2. The van der Waals surface area contributed by atoms with Crippen molar-refractivity contribution in [2.24, 2.45) is 0 Å². The molecule has 0 bridgehead atoms. The summed E-state index contributed by atoms with van der Waals surface area (Å²) in [5.74, 6) is 0.549. The predicted octanol–water partition coefficient (Wildman–Crippen LogP) is 6.44. The fourth-order valence-electron chi connectivity index (χ4n) is 4.52. The Balaban J connectivity index is 1.61. The van der Waals surface area contributed by atoms with E-state index in [9.17, 15) is 4.55 Å². The van der Waals surface area contributed by atoms with Gasteiger partial charge in [-0.05, 0) is 50.1 Å². The van der Waals surface area contributed by atoms with Crippen molar-refractivity contribution in [2.45, 2.75) is 44.4 Å². The van der Waals surface area contributed by atoms with Crippen LogP contribution in [0.2, 0.25) is 5.15 Å². The highest BCUT2D eigenvalue weighted by Gasteiger charge is 2.23. The number of hydrogen-bond donors (Lipinski definition) is 0. The van der Waals surface area contributed by atoms with Crippen LogP contribution in [0.25, 0.3) is 27.8 Å². The molecule has 5 rings (SSSR count). The molecule has 0 aliphatic carbocycles. The second-order valence-corrected chi connectivity index (χ2v) is 10.7. The van der Waals surface area contributed by atoms with Gasteiger partial charge in [-0.25, -0.2) is 14.3 Å². The summed E-state index contributed by atoms with van der Waals surface area (Å²) in [4.78, 5) is 5.20. The number of benzene rings is 2. The van der Waals surface area contributed by atoms with Gasteiger partial charge in [0.05, 0.1) is 22.6 Å². The topological polar surface area (TPSA) is 71.6 Å². The first kappa shape index (κ1) is 23.6. The fraction of sp³-hybridized carbons (Fsp3) is 0.222. The normalized spacial score (nSPS) is 12.5. The SMILES string of the molecule is Cc1nc(Cl)ccc1-n1nc(-c2cccc3nn(C[S+]([O-])c4ccccc4)cc23)c(C(C)C)c1C. The Labute approximate surface area is 212 Å². The van der Waals surface area contributed by atoms with Crippen molar-refractivity contribution >= 4 is 33.7 Å². The van der Waals surface area contributed by atoms with Crippen LogP contribution in [0, 0.1) is 13.8 Å². The third-order valence-corrected chi connectivity index (χ3v) is 7.61. The molecule has 0 spiro atoms. The second-order valence-electron chi connectivity index (χ2n) is 8.85. The van der Waals surface area contributed by atoms with Gasteiger partial charge in [0, 0.05) is 39.6 Å². The van der Waals surface area contributed by atoms with E-state index in [2.05, 4.69) is 31.8 Å². The molecule has 0 saturated carbocycles. The largest absolute Gasteiger partial charge is 0.610 e. The molecule has 178 valence electrons. The first-order chi connectivity index (χ1) is 16.8. The Morgan fingerprint density at radius 2 is 1.74 bits per heavy atom. The fourth-order valence-corrected chi connectivity index (χ4v) is 5.69. The summed E-state index contributed by atoms with van der Waals surface area (Å²) in [6.45, 7) is 8.38. The van der Waals surface area contributed by atoms with E-state index >= 15 is 0 Å². The van der Waals surface area contributed by atoms with Crippen LogP contribution in [-0.2, 0) is 17.1 Å². The van der Waals surface area contributed by atoms with Gasteiger partial charge in [0.1, 0.15) is 5.15 Å². The van der Waals surface area contributed by atoms with Crippen LogP contribution < -0.4 is 0 Å². The molecule has 3 heterocycles. The first-order valence-corrected chi connectivity index (χ1v) is 13.2. The van der Waals surface area contributed by atoms with Gasteiger partial charge in [0.2, 0.25) is 5.88 Å². The summed E-state index contributed by atoms with van der Waals surface area (Å²) in [5.41, 5.74) is 6.73. The van der Waals surface area contributed by atoms with Gasteiger partial charge in [-0.3, -0.25) is 0 Å². The minimum atomic E-state index is -1.19. The van der Waals surface area contributed by atoms with Gasteiger partial charge in [-0.2, -0.15) is 10.2 Å². The molecule has 0 saturated heterocycles. The zero-order valence-electron chi connectivity index (χ0n) is 20.1. The number of rotatable bonds is 6. The van der Waals surface area contributed by atoms with Crippen molar-refractivity contribution in [1.29, 1.82) is 0 Å². The minimum absolute atomic E-state index is 0.259. The number of aromatic nitrogens is 5.